The molecule has 0 saturated carbocycles. The van der Waals surface area contributed by atoms with Crippen LogP contribution in [0.15, 0.2) is 24.3 Å². The minimum Gasteiger partial charge on any atom is -0.444 e. The van der Waals surface area contributed by atoms with Crippen LogP contribution in [0.2, 0.25) is 0 Å². The third-order valence-corrected chi connectivity index (χ3v) is 4.51. The molecule has 0 radical (unpaired) electrons. The van der Waals surface area contributed by atoms with Gasteiger partial charge < -0.3 is 15.4 Å². The van der Waals surface area contributed by atoms with E-state index in [1.54, 1.807) is 4.90 Å². The largest absolute Gasteiger partial charge is 0.444 e. The molecule has 128 valence electrons. The van der Waals surface area contributed by atoms with Gasteiger partial charge in [0.05, 0.1) is 0 Å². The first kappa shape index (κ1) is 17.8. The maximum absolute atomic E-state index is 12.5. The van der Waals surface area contributed by atoms with Crippen LogP contribution in [0.5, 0.6) is 0 Å². The highest BCUT2D eigenvalue weighted by Gasteiger charge is 2.37. The van der Waals surface area contributed by atoms with Gasteiger partial charge in [-0.25, -0.2) is 4.79 Å². The van der Waals surface area contributed by atoms with Crippen molar-refractivity contribution in [3.8, 4) is 0 Å². The number of hydrogen-bond acceptors (Lipinski definition) is 3. The molecule has 1 fully saturated rings. The number of aryl methyl sites for hydroxylation is 1. The molecule has 4 heteroatoms. The molecule has 1 aromatic rings. The summed E-state index contributed by atoms with van der Waals surface area (Å²) in [6, 6.07) is 8.74. The van der Waals surface area contributed by atoms with Crippen molar-refractivity contribution in [2.75, 3.05) is 6.54 Å². The number of rotatable bonds is 2. The summed E-state index contributed by atoms with van der Waals surface area (Å²) in [5, 5.41) is 0. The topological polar surface area (TPSA) is 55.6 Å². The molecule has 1 aliphatic heterocycles. The molecule has 0 spiro atoms. The number of nitrogens with zero attached hydrogens (tertiary/aromatic N) is 1. The van der Waals surface area contributed by atoms with E-state index in [1.165, 1.54) is 11.1 Å². The number of amides is 1. The van der Waals surface area contributed by atoms with Crippen molar-refractivity contribution in [3.63, 3.8) is 0 Å². The average Bonchev–Trinajstić information content (AvgIpc) is 2.47. The Hall–Kier alpha value is -1.55. The van der Waals surface area contributed by atoms with E-state index < -0.39 is 5.60 Å². The van der Waals surface area contributed by atoms with Gasteiger partial charge in [0.1, 0.15) is 5.60 Å². The van der Waals surface area contributed by atoms with E-state index in [9.17, 15) is 4.79 Å². The minimum atomic E-state index is -0.489. The fraction of sp³-hybridized carbons (Fsp3) is 0.632. The van der Waals surface area contributed by atoms with Crippen molar-refractivity contribution < 1.29 is 9.53 Å². The van der Waals surface area contributed by atoms with Gasteiger partial charge in [0, 0.05) is 24.5 Å². The molecule has 2 N–H and O–H groups in total. The zero-order valence-electron chi connectivity index (χ0n) is 15.0. The third-order valence-electron chi connectivity index (χ3n) is 4.51. The van der Waals surface area contributed by atoms with E-state index in [0.717, 1.165) is 12.8 Å². The SMILES string of the molecule is CCc1ccc(C2CC(N)CN(C(=O)OC(C)(C)C)C2C)cc1. The maximum Gasteiger partial charge on any atom is 0.410 e. The number of hydrogen-bond donors (Lipinski definition) is 1. The number of likely N-dealkylation sites (tertiary alicyclic amines) is 1. The molecule has 2 rings (SSSR count). The van der Waals surface area contributed by atoms with Gasteiger partial charge in [0.2, 0.25) is 0 Å². The van der Waals surface area contributed by atoms with Gasteiger partial charge in [-0.15, -0.1) is 0 Å². The van der Waals surface area contributed by atoms with Crippen molar-refractivity contribution in [2.24, 2.45) is 5.73 Å². The summed E-state index contributed by atoms with van der Waals surface area (Å²) in [5.74, 6) is 0.247. The first-order valence-electron chi connectivity index (χ1n) is 8.55. The quantitative estimate of drug-likeness (QED) is 0.905. The lowest BCUT2D eigenvalue weighted by molar-refractivity contribution is 0.00655. The van der Waals surface area contributed by atoms with Crippen molar-refractivity contribution >= 4 is 6.09 Å². The standard InChI is InChI=1S/C19H30N2O2/c1-6-14-7-9-15(10-8-14)17-11-16(20)12-21(13(17)2)18(22)23-19(3,4)5/h7-10,13,16-17H,6,11-12,20H2,1-5H3. The summed E-state index contributed by atoms with van der Waals surface area (Å²) < 4.78 is 5.55. The van der Waals surface area contributed by atoms with Crippen LogP contribution in [-0.2, 0) is 11.2 Å². The number of carbonyl (C=O) groups is 1. The summed E-state index contributed by atoms with van der Waals surface area (Å²) in [6.45, 7) is 10.5. The van der Waals surface area contributed by atoms with Crippen molar-refractivity contribution in [2.45, 2.75) is 71.1 Å². The van der Waals surface area contributed by atoms with Gasteiger partial charge in [0.25, 0.3) is 0 Å². The molecule has 3 atom stereocenters. The molecule has 4 nitrogen and oxygen atoms in total. The lowest BCUT2D eigenvalue weighted by Crippen LogP contribution is -2.54. The van der Waals surface area contributed by atoms with E-state index in [4.69, 9.17) is 10.5 Å². The lowest BCUT2D eigenvalue weighted by Gasteiger charge is -2.42. The van der Waals surface area contributed by atoms with Crippen molar-refractivity contribution in [3.05, 3.63) is 35.4 Å². The van der Waals surface area contributed by atoms with Gasteiger partial charge in [0.15, 0.2) is 0 Å². The second kappa shape index (κ2) is 6.91. The van der Waals surface area contributed by atoms with Gasteiger partial charge in [-0.2, -0.15) is 0 Å². The zero-order valence-corrected chi connectivity index (χ0v) is 15.0. The predicted octanol–water partition coefficient (Wildman–Crippen LogP) is 3.69. The number of nitrogens with two attached hydrogens (primary N) is 1. The van der Waals surface area contributed by atoms with E-state index >= 15 is 0 Å². The van der Waals surface area contributed by atoms with Crippen LogP contribution in [0.4, 0.5) is 4.79 Å². The highest BCUT2D eigenvalue weighted by molar-refractivity contribution is 5.69. The fourth-order valence-corrected chi connectivity index (χ4v) is 3.21. The van der Waals surface area contributed by atoms with Gasteiger partial charge in [-0.1, -0.05) is 31.2 Å². The number of benzene rings is 1. The summed E-state index contributed by atoms with van der Waals surface area (Å²) in [7, 11) is 0. The average molecular weight is 318 g/mol. The van der Waals surface area contributed by atoms with Crippen LogP contribution < -0.4 is 5.73 Å². The normalized spacial score (nSPS) is 25.3. The van der Waals surface area contributed by atoms with Crippen LogP contribution in [0, 0.1) is 0 Å². The molecule has 1 aliphatic rings. The highest BCUT2D eigenvalue weighted by Crippen LogP contribution is 2.33. The van der Waals surface area contributed by atoms with Crippen molar-refractivity contribution in [1.29, 1.82) is 0 Å². The Morgan fingerprint density at radius 2 is 1.91 bits per heavy atom. The van der Waals surface area contributed by atoms with E-state index in [2.05, 4.69) is 38.1 Å². The third kappa shape index (κ3) is 4.47. The van der Waals surface area contributed by atoms with Crippen LogP contribution in [-0.4, -0.2) is 35.2 Å². The Morgan fingerprint density at radius 3 is 2.43 bits per heavy atom. The van der Waals surface area contributed by atoms with Gasteiger partial charge in [-0.05, 0) is 51.7 Å². The molecule has 1 heterocycles. The smallest absolute Gasteiger partial charge is 0.410 e. The number of carbonyl (C=O) groups excluding carboxylic acids is 1. The molecule has 1 amide bonds. The zero-order chi connectivity index (χ0) is 17.2. The summed E-state index contributed by atoms with van der Waals surface area (Å²) in [6.07, 6.45) is 1.66. The van der Waals surface area contributed by atoms with Crippen LogP contribution >= 0.6 is 0 Å². The Labute approximate surface area is 140 Å². The summed E-state index contributed by atoms with van der Waals surface area (Å²) in [5.41, 5.74) is 8.31. The molecule has 1 saturated heterocycles. The molecular formula is C19H30N2O2. The van der Waals surface area contributed by atoms with Crippen LogP contribution in [0.1, 0.15) is 58.1 Å². The Morgan fingerprint density at radius 1 is 1.30 bits per heavy atom. The molecule has 0 aliphatic carbocycles. The molecular weight excluding hydrogens is 288 g/mol. The van der Waals surface area contributed by atoms with E-state index in [1.807, 2.05) is 20.8 Å². The first-order valence-corrected chi connectivity index (χ1v) is 8.55. The Balaban J connectivity index is 2.18. The maximum atomic E-state index is 12.5. The Kier molecular flexibility index (Phi) is 5.35. The molecule has 1 aromatic carbocycles. The molecule has 0 bridgehead atoms. The second-order valence-corrected chi connectivity index (χ2v) is 7.57. The monoisotopic (exact) mass is 318 g/mol. The van der Waals surface area contributed by atoms with Crippen molar-refractivity contribution in [1.82, 2.24) is 4.90 Å². The first-order chi connectivity index (χ1) is 10.7. The Bertz CT molecular complexity index is 533. The minimum absolute atomic E-state index is 0.0189. The van der Waals surface area contributed by atoms with E-state index in [0.29, 0.717) is 6.54 Å². The predicted molar refractivity (Wildman–Crippen MR) is 93.6 cm³/mol. The highest BCUT2D eigenvalue weighted by atomic mass is 16.6. The van der Waals surface area contributed by atoms with Crippen LogP contribution in [0.25, 0.3) is 0 Å². The molecule has 0 aromatic heterocycles. The summed E-state index contributed by atoms with van der Waals surface area (Å²) in [4.78, 5) is 14.3. The van der Waals surface area contributed by atoms with Gasteiger partial charge in [-0.3, -0.25) is 0 Å². The number of piperidine rings is 1. The second-order valence-electron chi connectivity index (χ2n) is 7.57. The lowest BCUT2D eigenvalue weighted by atomic mass is 9.82. The van der Waals surface area contributed by atoms with Crippen LogP contribution in [0.3, 0.4) is 0 Å². The van der Waals surface area contributed by atoms with Gasteiger partial charge >= 0.3 is 6.09 Å². The molecule has 23 heavy (non-hydrogen) atoms. The van der Waals surface area contributed by atoms with E-state index in [-0.39, 0.29) is 24.1 Å². The molecule has 3 unspecified atom stereocenters. The fourth-order valence-electron chi connectivity index (χ4n) is 3.21. The summed E-state index contributed by atoms with van der Waals surface area (Å²) >= 11 is 0. The number of ether oxygens (including phenoxy) is 1.